The van der Waals surface area contributed by atoms with Gasteiger partial charge in [-0.3, -0.25) is 0 Å². The fourth-order valence-corrected chi connectivity index (χ4v) is 2.99. The minimum absolute atomic E-state index is 0.636. The first kappa shape index (κ1) is 14.3. The standard InChI is InChI=1S/C20H16N2O2/c1-24-17-13-11-15(12-14-17)20-18-9-5-6-10-19(18)21(22(20)23)16-7-3-2-4-8-16/h2-14H,1H3. The number of nitrogens with zero attached hydrogens (tertiary/aromatic N) is 2. The van der Waals surface area contributed by atoms with E-state index in [-0.39, 0.29) is 0 Å². The predicted molar refractivity (Wildman–Crippen MR) is 94.2 cm³/mol. The molecule has 0 spiro atoms. The first-order valence-electron chi connectivity index (χ1n) is 7.73. The topological polar surface area (TPSA) is 41.1 Å². The van der Waals surface area contributed by atoms with Crippen molar-refractivity contribution in [3.05, 3.63) is 84.1 Å². The molecule has 1 aromatic heterocycles. The molecule has 1 heterocycles. The van der Waals surface area contributed by atoms with Crippen LogP contribution in [0.4, 0.5) is 0 Å². The van der Waals surface area contributed by atoms with Crippen molar-refractivity contribution in [3.63, 3.8) is 0 Å². The third kappa shape index (κ3) is 2.20. The maximum absolute atomic E-state index is 13.1. The predicted octanol–water partition coefficient (Wildman–Crippen LogP) is 3.94. The zero-order valence-electron chi connectivity index (χ0n) is 13.2. The van der Waals surface area contributed by atoms with Crippen molar-refractivity contribution < 1.29 is 9.58 Å². The number of benzene rings is 3. The quantitative estimate of drug-likeness (QED) is 0.424. The molecular formula is C20H16N2O2. The van der Waals surface area contributed by atoms with Crippen LogP contribution in [0, 0.1) is 5.21 Å². The average Bonchev–Trinajstić information content (AvgIpc) is 2.94. The molecule has 0 saturated carbocycles. The molecule has 0 bridgehead atoms. The van der Waals surface area contributed by atoms with Gasteiger partial charge in [0.15, 0.2) is 0 Å². The highest BCUT2D eigenvalue weighted by molar-refractivity contribution is 5.92. The second-order valence-electron chi connectivity index (χ2n) is 5.51. The van der Waals surface area contributed by atoms with Crippen LogP contribution in [0.5, 0.6) is 5.75 Å². The fraction of sp³-hybridized carbons (Fsp3) is 0.0500. The van der Waals surface area contributed by atoms with E-state index in [1.807, 2.05) is 78.9 Å². The molecule has 4 rings (SSSR count). The molecule has 4 aromatic rings. The summed E-state index contributed by atoms with van der Waals surface area (Å²) in [4.78, 5) is 0.960. The molecule has 0 aliphatic carbocycles. The SMILES string of the molecule is COc1ccc(-c2c3ccccc3n(-c3ccccc3)[n+]2[O-])cc1. The van der Waals surface area contributed by atoms with Crippen LogP contribution in [0.2, 0.25) is 0 Å². The Morgan fingerprint density at radius 2 is 1.50 bits per heavy atom. The number of para-hydroxylation sites is 2. The van der Waals surface area contributed by atoms with E-state index >= 15 is 0 Å². The van der Waals surface area contributed by atoms with Crippen LogP contribution in [0.25, 0.3) is 27.8 Å². The summed E-state index contributed by atoms with van der Waals surface area (Å²) in [5, 5.41) is 14.0. The van der Waals surface area contributed by atoms with Gasteiger partial charge in [-0.25, -0.2) is 0 Å². The zero-order chi connectivity index (χ0) is 16.5. The van der Waals surface area contributed by atoms with Crippen molar-refractivity contribution in [2.45, 2.75) is 0 Å². The van der Waals surface area contributed by atoms with Crippen molar-refractivity contribution in [3.8, 4) is 22.7 Å². The highest BCUT2D eigenvalue weighted by atomic mass is 16.5. The van der Waals surface area contributed by atoms with Gasteiger partial charge < -0.3 is 9.94 Å². The molecule has 4 nitrogen and oxygen atoms in total. The molecule has 118 valence electrons. The molecule has 3 aromatic carbocycles. The van der Waals surface area contributed by atoms with Crippen LogP contribution in [0.1, 0.15) is 0 Å². The Balaban J connectivity index is 2.01. The molecule has 24 heavy (non-hydrogen) atoms. The first-order chi connectivity index (χ1) is 11.8. The maximum atomic E-state index is 13.1. The van der Waals surface area contributed by atoms with Crippen LogP contribution in [0.3, 0.4) is 0 Å². The molecule has 0 amide bonds. The van der Waals surface area contributed by atoms with Crippen molar-refractivity contribution in [1.29, 1.82) is 0 Å². The van der Waals surface area contributed by atoms with Crippen molar-refractivity contribution in [2.24, 2.45) is 0 Å². The van der Waals surface area contributed by atoms with Crippen molar-refractivity contribution in [2.75, 3.05) is 7.11 Å². The number of hydrogen-bond acceptors (Lipinski definition) is 2. The number of rotatable bonds is 3. The molecule has 0 aliphatic heterocycles. The van der Waals surface area contributed by atoms with Gasteiger partial charge >= 0.3 is 0 Å². The molecule has 0 saturated heterocycles. The first-order valence-corrected chi connectivity index (χ1v) is 7.73. The second kappa shape index (κ2) is 5.74. The summed E-state index contributed by atoms with van der Waals surface area (Å²) in [6, 6.07) is 25.0. The van der Waals surface area contributed by atoms with Crippen LogP contribution in [-0.2, 0) is 0 Å². The average molecular weight is 316 g/mol. The summed E-state index contributed by atoms with van der Waals surface area (Å²) < 4.78 is 6.90. The van der Waals surface area contributed by atoms with E-state index in [0.717, 1.165) is 32.7 Å². The second-order valence-corrected chi connectivity index (χ2v) is 5.51. The molecule has 4 heteroatoms. The molecule has 0 fully saturated rings. The molecule has 0 radical (unpaired) electrons. The minimum Gasteiger partial charge on any atom is -0.595 e. The molecule has 0 aliphatic rings. The zero-order valence-corrected chi connectivity index (χ0v) is 13.2. The Morgan fingerprint density at radius 3 is 2.21 bits per heavy atom. The normalized spacial score (nSPS) is 10.9. The largest absolute Gasteiger partial charge is 0.595 e. The Hall–Kier alpha value is -3.27. The summed E-state index contributed by atoms with van der Waals surface area (Å²) in [6.07, 6.45) is 0. The molecule has 0 N–H and O–H groups in total. The van der Waals surface area contributed by atoms with E-state index in [1.165, 1.54) is 0 Å². The lowest BCUT2D eigenvalue weighted by atomic mass is 10.1. The third-order valence-electron chi connectivity index (χ3n) is 4.12. The lowest BCUT2D eigenvalue weighted by Gasteiger charge is -2.06. The summed E-state index contributed by atoms with van der Waals surface area (Å²) in [5.41, 5.74) is 3.21. The Kier molecular flexibility index (Phi) is 3.43. The number of hydrogen-bond donors (Lipinski definition) is 0. The Morgan fingerprint density at radius 1 is 0.833 bits per heavy atom. The van der Waals surface area contributed by atoms with Crippen LogP contribution in [0.15, 0.2) is 78.9 Å². The lowest BCUT2D eigenvalue weighted by Crippen LogP contribution is -2.37. The Bertz CT molecular complexity index is 990. The van der Waals surface area contributed by atoms with Gasteiger partial charge in [0.1, 0.15) is 17.0 Å². The lowest BCUT2D eigenvalue weighted by molar-refractivity contribution is -0.670. The van der Waals surface area contributed by atoms with Crippen LogP contribution < -0.4 is 9.58 Å². The van der Waals surface area contributed by atoms with Crippen molar-refractivity contribution >= 4 is 10.9 Å². The van der Waals surface area contributed by atoms with Gasteiger partial charge in [0, 0.05) is 0 Å². The number of ether oxygens (including phenoxy) is 1. The fourth-order valence-electron chi connectivity index (χ4n) is 2.99. The summed E-state index contributed by atoms with van der Waals surface area (Å²) in [7, 11) is 1.63. The minimum atomic E-state index is 0.636. The third-order valence-corrected chi connectivity index (χ3v) is 4.12. The van der Waals surface area contributed by atoms with Gasteiger partial charge in [0.05, 0.1) is 18.1 Å². The number of aromatic nitrogens is 2. The van der Waals surface area contributed by atoms with E-state index in [1.54, 1.807) is 11.8 Å². The molecular weight excluding hydrogens is 300 g/mol. The smallest absolute Gasteiger partial charge is 0.259 e. The van der Waals surface area contributed by atoms with E-state index < -0.39 is 0 Å². The van der Waals surface area contributed by atoms with E-state index in [9.17, 15) is 5.21 Å². The summed E-state index contributed by atoms with van der Waals surface area (Å²) >= 11 is 0. The van der Waals surface area contributed by atoms with Crippen LogP contribution >= 0.6 is 0 Å². The summed E-state index contributed by atoms with van der Waals surface area (Å²) in [5.74, 6) is 0.767. The van der Waals surface area contributed by atoms with Gasteiger partial charge in [-0.2, -0.15) is 0 Å². The number of fused-ring (bicyclic) bond motifs is 1. The van der Waals surface area contributed by atoms with Crippen LogP contribution in [-0.4, -0.2) is 11.8 Å². The maximum Gasteiger partial charge on any atom is 0.259 e. The summed E-state index contributed by atoms with van der Waals surface area (Å²) in [6.45, 7) is 0. The Labute approximate surface area is 139 Å². The van der Waals surface area contributed by atoms with E-state index in [0.29, 0.717) is 5.69 Å². The van der Waals surface area contributed by atoms with E-state index in [4.69, 9.17) is 4.74 Å². The van der Waals surface area contributed by atoms with Gasteiger partial charge in [0.25, 0.3) is 5.69 Å². The van der Waals surface area contributed by atoms with Gasteiger partial charge in [-0.1, -0.05) is 35.2 Å². The monoisotopic (exact) mass is 316 g/mol. The highest BCUT2D eigenvalue weighted by Gasteiger charge is 2.23. The molecule has 0 atom stereocenters. The van der Waals surface area contributed by atoms with Gasteiger partial charge in [-0.15, -0.1) is 4.68 Å². The highest BCUT2D eigenvalue weighted by Crippen LogP contribution is 2.29. The van der Waals surface area contributed by atoms with Gasteiger partial charge in [0.2, 0.25) is 0 Å². The molecule has 0 unspecified atom stereocenters. The van der Waals surface area contributed by atoms with Crippen molar-refractivity contribution in [1.82, 2.24) is 4.68 Å². The van der Waals surface area contributed by atoms with E-state index in [2.05, 4.69) is 0 Å². The number of methoxy groups -OCH3 is 1. The van der Waals surface area contributed by atoms with Gasteiger partial charge in [-0.05, 0) is 48.5 Å².